The maximum absolute atomic E-state index is 12.4. The van der Waals surface area contributed by atoms with Crippen LogP contribution in [0.1, 0.15) is 31.2 Å². The van der Waals surface area contributed by atoms with E-state index in [1.54, 1.807) is 6.20 Å². The number of amides is 2. The molecule has 1 unspecified atom stereocenters. The standard InChI is InChI=1S/C17H24N4O2/c1-12-4-5-15(19-11-12)20-16(22)13-6-9-21(10-7-13)17(23)14-3-2-8-18-14/h4-5,11,13-14,18H,2-3,6-10H2,1H3,(H,19,20,22). The van der Waals surface area contributed by atoms with Crippen LogP contribution < -0.4 is 10.6 Å². The molecule has 0 aliphatic carbocycles. The van der Waals surface area contributed by atoms with Gasteiger partial charge in [-0.05, 0) is 50.8 Å². The molecule has 2 N–H and O–H groups in total. The second-order valence-corrected chi connectivity index (χ2v) is 6.46. The number of hydrogen-bond donors (Lipinski definition) is 2. The van der Waals surface area contributed by atoms with Gasteiger partial charge < -0.3 is 15.5 Å². The van der Waals surface area contributed by atoms with Crippen LogP contribution in [0.4, 0.5) is 5.82 Å². The fourth-order valence-corrected chi connectivity index (χ4v) is 3.25. The van der Waals surface area contributed by atoms with Gasteiger partial charge in [-0.15, -0.1) is 0 Å². The van der Waals surface area contributed by atoms with Gasteiger partial charge in [0.15, 0.2) is 0 Å². The van der Waals surface area contributed by atoms with E-state index in [-0.39, 0.29) is 23.8 Å². The predicted octanol–water partition coefficient (Wildman–Crippen LogP) is 1.32. The lowest BCUT2D eigenvalue weighted by Crippen LogP contribution is -2.48. The van der Waals surface area contributed by atoms with Gasteiger partial charge in [-0.25, -0.2) is 4.98 Å². The van der Waals surface area contributed by atoms with Crippen LogP contribution in [-0.2, 0) is 9.59 Å². The van der Waals surface area contributed by atoms with Crippen molar-refractivity contribution in [2.45, 2.75) is 38.6 Å². The first-order valence-corrected chi connectivity index (χ1v) is 8.39. The highest BCUT2D eigenvalue weighted by molar-refractivity contribution is 5.92. The van der Waals surface area contributed by atoms with Crippen LogP contribution in [0.25, 0.3) is 0 Å². The van der Waals surface area contributed by atoms with Crippen LogP contribution in [-0.4, -0.2) is 47.4 Å². The van der Waals surface area contributed by atoms with Crippen molar-refractivity contribution >= 4 is 17.6 Å². The zero-order chi connectivity index (χ0) is 16.2. The molecule has 23 heavy (non-hydrogen) atoms. The van der Waals surface area contributed by atoms with Gasteiger partial charge in [0.2, 0.25) is 11.8 Å². The Morgan fingerprint density at radius 3 is 2.65 bits per heavy atom. The molecule has 1 atom stereocenters. The molecule has 0 saturated carbocycles. The number of nitrogens with one attached hydrogen (secondary N) is 2. The Bertz CT molecular complexity index is 558. The van der Waals surface area contributed by atoms with Crippen LogP contribution in [0.2, 0.25) is 0 Å². The second-order valence-electron chi connectivity index (χ2n) is 6.46. The normalized spacial score (nSPS) is 22.1. The maximum atomic E-state index is 12.4. The number of carbonyl (C=O) groups is 2. The van der Waals surface area contributed by atoms with E-state index in [1.807, 2.05) is 24.0 Å². The predicted molar refractivity (Wildman–Crippen MR) is 87.9 cm³/mol. The number of piperidine rings is 1. The highest BCUT2D eigenvalue weighted by atomic mass is 16.2. The highest BCUT2D eigenvalue weighted by Gasteiger charge is 2.31. The number of hydrogen-bond acceptors (Lipinski definition) is 4. The molecule has 6 nitrogen and oxygen atoms in total. The van der Waals surface area contributed by atoms with Crippen LogP contribution in [0.5, 0.6) is 0 Å². The van der Waals surface area contributed by atoms with Crippen molar-refractivity contribution in [3.05, 3.63) is 23.9 Å². The summed E-state index contributed by atoms with van der Waals surface area (Å²) in [5.41, 5.74) is 1.07. The molecule has 1 aromatic rings. The number of anilines is 1. The van der Waals surface area contributed by atoms with Crippen LogP contribution >= 0.6 is 0 Å². The van der Waals surface area contributed by atoms with Crippen molar-refractivity contribution < 1.29 is 9.59 Å². The zero-order valence-corrected chi connectivity index (χ0v) is 13.5. The summed E-state index contributed by atoms with van der Waals surface area (Å²) in [5, 5.41) is 6.12. The Labute approximate surface area is 136 Å². The minimum Gasteiger partial charge on any atom is -0.341 e. The lowest BCUT2D eigenvalue weighted by Gasteiger charge is -2.32. The van der Waals surface area contributed by atoms with Gasteiger partial charge in [0.25, 0.3) is 0 Å². The quantitative estimate of drug-likeness (QED) is 0.882. The number of nitrogens with zero attached hydrogens (tertiary/aromatic N) is 2. The Morgan fingerprint density at radius 1 is 1.26 bits per heavy atom. The van der Waals surface area contributed by atoms with Crippen molar-refractivity contribution in [3.8, 4) is 0 Å². The van der Waals surface area contributed by atoms with Gasteiger partial charge in [0.1, 0.15) is 5.82 Å². The molecule has 2 aliphatic heterocycles. The average Bonchev–Trinajstić information content (AvgIpc) is 3.11. The molecule has 2 fully saturated rings. The Balaban J connectivity index is 1.49. The molecule has 2 amide bonds. The van der Waals surface area contributed by atoms with Crippen molar-refractivity contribution in [3.63, 3.8) is 0 Å². The number of carbonyl (C=O) groups excluding carboxylic acids is 2. The largest absolute Gasteiger partial charge is 0.341 e. The number of likely N-dealkylation sites (tertiary alicyclic amines) is 1. The first-order valence-electron chi connectivity index (χ1n) is 8.39. The highest BCUT2D eigenvalue weighted by Crippen LogP contribution is 2.21. The molecule has 0 radical (unpaired) electrons. The van der Waals surface area contributed by atoms with E-state index in [9.17, 15) is 9.59 Å². The molecule has 2 saturated heterocycles. The van der Waals surface area contributed by atoms with E-state index >= 15 is 0 Å². The minimum atomic E-state index is -0.0429. The van der Waals surface area contributed by atoms with Crippen molar-refractivity contribution in [2.75, 3.05) is 25.0 Å². The zero-order valence-electron chi connectivity index (χ0n) is 13.5. The third-order valence-electron chi connectivity index (χ3n) is 4.70. The van der Waals surface area contributed by atoms with Crippen LogP contribution in [0.15, 0.2) is 18.3 Å². The molecule has 6 heteroatoms. The number of pyridine rings is 1. The summed E-state index contributed by atoms with van der Waals surface area (Å²) in [6, 6.07) is 3.73. The smallest absolute Gasteiger partial charge is 0.239 e. The van der Waals surface area contributed by atoms with E-state index in [0.29, 0.717) is 18.9 Å². The van der Waals surface area contributed by atoms with Gasteiger partial charge in [0.05, 0.1) is 6.04 Å². The topological polar surface area (TPSA) is 74.3 Å². The lowest BCUT2D eigenvalue weighted by atomic mass is 9.95. The summed E-state index contributed by atoms with van der Waals surface area (Å²) in [7, 11) is 0. The fourth-order valence-electron chi connectivity index (χ4n) is 3.25. The summed E-state index contributed by atoms with van der Waals surface area (Å²) >= 11 is 0. The Hall–Kier alpha value is -1.95. The van der Waals surface area contributed by atoms with E-state index in [1.165, 1.54) is 0 Å². The van der Waals surface area contributed by atoms with E-state index in [2.05, 4.69) is 15.6 Å². The lowest BCUT2D eigenvalue weighted by molar-refractivity contribution is -0.136. The second kappa shape index (κ2) is 7.08. The molecular formula is C17H24N4O2. The third-order valence-corrected chi connectivity index (χ3v) is 4.70. The van der Waals surface area contributed by atoms with Gasteiger partial charge in [-0.2, -0.15) is 0 Å². The minimum absolute atomic E-state index is 0.00689. The number of aromatic nitrogens is 1. The molecule has 2 aliphatic rings. The maximum Gasteiger partial charge on any atom is 0.239 e. The molecule has 124 valence electrons. The van der Waals surface area contributed by atoms with Crippen LogP contribution in [0, 0.1) is 12.8 Å². The van der Waals surface area contributed by atoms with Gasteiger partial charge in [-0.1, -0.05) is 6.07 Å². The summed E-state index contributed by atoms with van der Waals surface area (Å²) in [6.45, 7) is 4.22. The Kier molecular flexibility index (Phi) is 4.91. The molecular weight excluding hydrogens is 292 g/mol. The van der Waals surface area contributed by atoms with Gasteiger partial charge in [-0.3, -0.25) is 9.59 Å². The Morgan fingerprint density at radius 2 is 2.04 bits per heavy atom. The summed E-state index contributed by atoms with van der Waals surface area (Å²) in [5.74, 6) is 0.752. The fraction of sp³-hybridized carbons (Fsp3) is 0.588. The summed E-state index contributed by atoms with van der Waals surface area (Å²) in [4.78, 5) is 30.8. The molecule has 0 aromatic carbocycles. The average molecular weight is 316 g/mol. The monoisotopic (exact) mass is 316 g/mol. The number of rotatable bonds is 3. The number of aryl methyl sites for hydroxylation is 1. The van der Waals surface area contributed by atoms with E-state index < -0.39 is 0 Å². The molecule has 3 heterocycles. The first kappa shape index (κ1) is 15.9. The van der Waals surface area contributed by atoms with Gasteiger partial charge in [0, 0.05) is 25.2 Å². The van der Waals surface area contributed by atoms with E-state index in [0.717, 1.165) is 37.8 Å². The van der Waals surface area contributed by atoms with Crippen LogP contribution in [0.3, 0.4) is 0 Å². The van der Waals surface area contributed by atoms with Crippen molar-refractivity contribution in [1.82, 2.24) is 15.2 Å². The molecule has 3 rings (SSSR count). The molecule has 0 spiro atoms. The SMILES string of the molecule is Cc1ccc(NC(=O)C2CCN(C(=O)C3CCCN3)CC2)nc1. The van der Waals surface area contributed by atoms with E-state index in [4.69, 9.17) is 0 Å². The molecule has 1 aromatic heterocycles. The summed E-state index contributed by atoms with van der Waals surface area (Å²) < 4.78 is 0. The first-order chi connectivity index (χ1) is 11.1. The third kappa shape index (κ3) is 3.88. The van der Waals surface area contributed by atoms with Gasteiger partial charge >= 0.3 is 0 Å². The summed E-state index contributed by atoms with van der Waals surface area (Å²) in [6.07, 6.45) is 5.18. The molecule has 0 bridgehead atoms. The van der Waals surface area contributed by atoms with Crippen molar-refractivity contribution in [2.24, 2.45) is 5.92 Å². The van der Waals surface area contributed by atoms with Crippen molar-refractivity contribution in [1.29, 1.82) is 0 Å².